The smallest absolute Gasteiger partial charge is 0.270 e. The monoisotopic (exact) mass is 500 g/mol. The van der Waals surface area contributed by atoms with E-state index >= 15 is 0 Å². The average molecular weight is 501 g/mol. The van der Waals surface area contributed by atoms with Gasteiger partial charge in [-0.15, -0.1) is 0 Å². The van der Waals surface area contributed by atoms with Crippen molar-refractivity contribution in [2.75, 3.05) is 31.1 Å². The summed E-state index contributed by atoms with van der Waals surface area (Å²) in [5, 5.41) is 2.97. The lowest BCUT2D eigenvalue weighted by atomic mass is 9.89. The molecule has 4 aromatic rings. The highest BCUT2D eigenvalue weighted by molar-refractivity contribution is 5.94. The molecule has 1 amide bonds. The number of piperidine rings is 1. The predicted octanol–water partition coefficient (Wildman–Crippen LogP) is 5.54. The molecule has 1 fully saturated rings. The van der Waals surface area contributed by atoms with Crippen LogP contribution in [0, 0.1) is 12.7 Å². The van der Waals surface area contributed by atoms with Gasteiger partial charge in [-0.25, -0.2) is 9.37 Å². The van der Waals surface area contributed by atoms with Crippen molar-refractivity contribution in [2.45, 2.75) is 39.0 Å². The molecule has 0 spiro atoms. The number of rotatable bonds is 8. The molecule has 3 heterocycles. The number of amides is 1. The van der Waals surface area contributed by atoms with Gasteiger partial charge in [-0.3, -0.25) is 9.20 Å². The summed E-state index contributed by atoms with van der Waals surface area (Å²) in [5.74, 6) is 0.933. The molecule has 1 aliphatic rings. The van der Waals surface area contributed by atoms with E-state index in [-0.39, 0.29) is 11.7 Å². The lowest BCUT2D eigenvalue weighted by Gasteiger charge is -2.34. The maximum Gasteiger partial charge on any atom is 0.270 e. The first-order valence-corrected chi connectivity index (χ1v) is 13.0. The lowest BCUT2D eigenvalue weighted by Crippen LogP contribution is -2.32. The molecule has 7 heteroatoms. The van der Waals surface area contributed by atoms with Gasteiger partial charge in [0.2, 0.25) is 0 Å². The van der Waals surface area contributed by atoms with Gasteiger partial charge in [-0.05, 0) is 85.7 Å². The van der Waals surface area contributed by atoms with E-state index in [9.17, 15) is 9.18 Å². The molecule has 2 aromatic carbocycles. The van der Waals surface area contributed by atoms with Crippen LogP contribution in [0.4, 0.5) is 10.1 Å². The molecule has 2 aromatic heterocycles. The Labute approximate surface area is 217 Å². The third-order valence-electron chi connectivity index (χ3n) is 7.08. The van der Waals surface area contributed by atoms with Gasteiger partial charge in [-0.1, -0.05) is 25.1 Å². The summed E-state index contributed by atoms with van der Waals surface area (Å²) >= 11 is 0. The Morgan fingerprint density at radius 3 is 2.49 bits per heavy atom. The van der Waals surface area contributed by atoms with Crippen LogP contribution in [-0.4, -0.2) is 41.5 Å². The standard InChI is InChI=1S/C30H33FN4O2/c1-3-27-29(35-20-21(2)4-13-28(35)33-27)30(36)32-16-19-37-26-11-9-25(10-12-26)34-17-14-23(15-18-34)22-5-7-24(31)8-6-22/h4-13,20,23H,3,14-19H2,1-2H3,(H,32,36). The van der Waals surface area contributed by atoms with Crippen molar-refractivity contribution < 1.29 is 13.9 Å². The van der Waals surface area contributed by atoms with E-state index in [0.29, 0.717) is 31.2 Å². The Morgan fingerprint density at radius 2 is 1.78 bits per heavy atom. The van der Waals surface area contributed by atoms with E-state index in [1.54, 1.807) is 12.1 Å². The molecule has 37 heavy (non-hydrogen) atoms. The summed E-state index contributed by atoms with van der Waals surface area (Å²) in [7, 11) is 0. The number of carbonyl (C=O) groups is 1. The van der Waals surface area contributed by atoms with Gasteiger partial charge in [0.1, 0.15) is 29.5 Å². The quantitative estimate of drug-likeness (QED) is 0.323. The summed E-state index contributed by atoms with van der Waals surface area (Å²) < 4.78 is 21.0. The Hall–Kier alpha value is -3.87. The number of hydrogen-bond donors (Lipinski definition) is 1. The summed E-state index contributed by atoms with van der Waals surface area (Å²) in [4.78, 5) is 19.9. The highest BCUT2D eigenvalue weighted by atomic mass is 19.1. The van der Waals surface area contributed by atoms with Crippen molar-refractivity contribution in [3.05, 3.63) is 95.2 Å². The van der Waals surface area contributed by atoms with Crippen molar-refractivity contribution in [2.24, 2.45) is 0 Å². The van der Waals surface area contributed by atoms with E-state index in [1.165, 1.54) is 11.3 Å². The van der Waals surface area contributed by atoms with Crippen molar-refractivity contribution >= 4 is 17.2 Å². The Bertz CT molecular complexity index is 1360. The maximum absolute atomic E-state index is 13.2. The largest absolute Gasteiger partial charge is 0.492 e. The van der Waals surface area contributed by atoms with Gasteiger partial charge in [0, 0.05) is 25.0 Å². The summed E-state index contributed by atoms with van der Waals surface area (Å²) in [6.07, 6.45) is 4.74. The third-order valence-corrected chi connectivity index (χ3v) is 7.08. The zero-order chi connectivity index (χ0) is 25.8. The van der Waals surface area contributed by atoms with Crippen LogP contribution in [-0.2, 0) is 6.42 Å². The number of nitrogens with one attached hydrogen (secondary N) is 1. The SMILES string of the molecule is CCc1nc2ccc(C)cn2c1C(=O)NCCOc1ccc(N2CCC(c3ccc(F)cc3)CC2)cc1. The number of imidazole rings is 1. The molecular formula is C30H33FN4O2. The molecule has 0 aliphatic carbocycles. The molecule has 1 saturated heterocycles. The molecule has 0 bridgehead atoms. The van der Waals surface area contributed by atoms with Crippen molar-refractivity contribution in [1.82, 2.24) is 14.7 Å². The maximum atomic E-state index is 13.2. The number of halogens is 1. The number of benzene rings is 2. The zero-order valence-corrected chi connectivity index (χ0v) is 21.4. The summed E-state index contributed by atoms with van der Waals surface area (Å²) in [6, 6.07) is 19.0. The van der Waals surface area contributed by atoms with Crippen LogP contribution >= 0.6 is 0 Å². The van der Waals surface area contributed by atoms with Gasteiger partial charge >= 0.3 is 0 Å². The molecule has 6 nitrogen and oxygen atoms in total. The fraction of sp³-hybridized carbons (Fsp3) is 0.333. The number of fused-ring (bicyclic) bond motifs is 1. The number of aryl methyl sites for hydroxylation is 2. The van der Waals surface area contributed by atoms with E-state index in [4.69, 9.17) is 4.74 Å². The van der Waals surface area contributed by atoms with Crippen molar-refractivity contribution in [3.63, 3.8) is 0 Å². The molecule has 0 atom stereocenters. The molecule has 0 unspecified atom stereocenters. The van der Waals surface area contributed by atoms with Gasteiger partial charge < -0.3 is 15.0 Å². The Morgan fingerprint density at radius 1 is 1.05 bits per heavy atom. The predicted molar refractivity (Wildman–Crippen MR) is 144 cm³/mol. The first kappa shape index (κ1) is 24.8. The van der Waals surface area contributed by atoms with Crippen LogP contribution < -0.4 is 15.0 Å². The highest BCUT2D eigenvalue weighted by Gasteiger charge is 2.21. The average Bonchev–Trinajstić information content (AvgIpc) is 3.30. The number of pyridine rings is 1. The topological polar surface area (TPSA) is 58.9 Å². The normalized spacial score (nSPS) is 14.2. The fourth-order valence-corrected chi connectivity index (χ4v) is 5.06. The molecule has 1 N–H and O–H groups in total. The van der Waals surface area contributed by atoms with Gasteiger partial charge in [0.25, 0.3) is 5.91 Å². The first-order valence-electron chi connectivity index (χ1n) is 13.0. The number of aromatic nitrogens is 2. The van der Waals surface area contributed by atoms with Gasteiger partial charge in [0.05, 0.1) is 12.2 Å². The zero-order valence-electron chi connectivity index (χ0n) is 21.4. The van der Waals surface area contributed by atoms with Crippen LogP contribution in [0.15, 0.2) is 66.9 Å². The lowest BCUT2D eigenvalue weighted by molar-refractivity contribution is 0.0940. The fourth-order valence-electron chi connectivity index (χ4n) is 5.06. The molecule has 192 valence electrons. The van der Waals surface area contributed by atoms with Crippen LogP contribution in [0.2, 0.25) is 0 Å². The molecular weight excluding hydrogens is 467 g/mol. The summed E-state index contributed by atoms with van der Waals surface area (Å²) in [5.41, 5.74) is 5.64. The van der Waals surface area contributed by atoms with Gasteiger partial charge in [-0.2, -0.15) is 0 Å². The van der Waals surface area contributed by atoms with E-state index in [0.717, 1.165) is 48.6 Å². The Balaban J connectivity index is 1.10. The number of anilines is 1. The second-order valence-electron chi connectivity index (χ2n) is 9.61. The van der Waals surface area contributed by atoms with Crippen LogP contribution in [0.5, 0.6) is 5.75 Å². The second-order valence-corrected chi connectivity index (χ2v) is 9.61. The first-order chi connectivity index (χ1) is 18.0. The molecule has 0 radical (unpaired) electrons. The third kappa shape index (κ3) is 5.61. The molecule has 0 saturated carbocycles. The number of ether oxygens (including phenoxy) is 1. The van der Waals surface area contributed by atoms with Crippen LogP contribution in [0.1, 0.15) is 53.0 Å². The van der Waals surface area contributed by atoms with Gasteiger partial charge in [0.15, 0.2) is 0 Å². The van der Waals surface area contributed by atoms with E-state index < -0.39 is 0 Å². The van der Waals surface area contributed by atoms with Crippen molar-refractivity contribution in [1.29, 1.82) is 0 Å². The molecule has 1 aliphatic heterocycles. The highest BCUT2D eigenvalue weighted by Crippen LogP contribution is 2.31. The molecule has 5 rings (SSSR count). The van der Waals surface area contributed by atoms with Crippen molar-refractivity contribution in [3.8, 4) is 5.75 Å². The second kappa shape index (κ2) is 11.0. The summed E-state index contributed by atoms with van der Waals surface area (Å²) in [6.45, 7) is 6.73. The Kier molecular flexibility index (Phi) is 7.40. The van der Waals surface area contributed by atoms with E-state index in [2.05, 4.69) is 27.3 Å². The minimum atomic E-state index is -0.182. The van der Waals surface area contributed by atoms with Crippen LogP contribution in [0.25, 0.3) is 5.65 Å². The van der Waals surface area contributed by atoms with Crippen LogP contribution in [0.3, 0.4) is 0 Å². The van der Waals surface area contributed by atoms with E-state index in [1.807, 2.05) is 60.8 Å². The minimum Gasteiger partial charge on any atom is -0.492 e. The minimum absolute atomic E-state index is 0.141. The number of carbonyl (C=O) groups excluding carboxylic acids is 1. The number of hydrogen-bond acceptors (Lipinski definition) is 4. The number of nitrogens with zero attached hydrogens (tertiary/aromatic N) is 3.